The number of para-hydroxylation sites is 1. The van der Waals surface area contributed by atoms with Gasteiger partial charge in [0, 0.05) is 18.1 Å². The van der Waals surface area contributed by atoms with Crippen LogP contribution in [0.2, 0.25) is 0 Å². The second-order valence-corrected chi connectivity index (χ2v) is 7.49. The summed E-state index contributed by atoms with van der Waals surface area (Å²) in [4.78, 5) is -0.0500. The van der Waals surface area contributed by atoms with Gasteiger partial charge in [0.05, 0.1) is 17.5 Å². The number of nitrogen functional groups attached to an aromatic ring is 1. The first-order valence-corrected chi connectivity index (χ1v) is 8.52. The summed E-state index contributed by atoms with van der Waals surface area (Å²) < 4.78 is 28.7. The highest BCUT2D eigenvalue weighted by Crippen LogP contribution is 2.45. The van der Waals surface area contributed by atoms with E-state index in [1.165, 1.54) is 6.07 Å². The van der Waals surface area contributed by atoms with Gasteiger partial charge >= 0.3 is 0 Å². The lowest BCUT2D eigenvalue weighted by Crippen LogP contribution is -2.58. The molecule has 1 aliphatic rings. The molecule has 1 aromatic rings. The molecular weight excluding hydrogens is 290 g/mol. The van der Waals surface area contributed by atoms with Crippen molar-refractivity contribution in [1.82, 2.24) is 0 Å². The molecule has 1 fully saturated rings. The molecule has 0 amide bonds. The van der Waals surface area contributed by atoms with Crippen molar-refractivity contribution in [3.63, 3.8) is 0 Å². The van der Waals surface area contributed by atoms with Crippen molar-refractivity contribution in [1.29, 1.82) is 0 Å². The Hall–Kier alpha value is -1.31. The van der Waals surface area contributed by atoms with Crippen LogP contribution in [0.3, 0.4) is 0 Å². The number of anilines is 2. The fraction of sp³-hybridized carbons (Fsp3) is 0.571. The third-order valence-corrected chi connectivity index (χ3v) is 5.22. The number of nitrogens with two attached hydrogens (primary N) is 2. The van der Waals surface area contributed by atoms with Crippen molar-refractivity contribution >= 4 is 21.4 Å². The lowest BCUT2D eigenvalue weighted by molar-refractivity contribution is -0.0975. The van der Waals surface area contributed by atoms with E-state index in [2.05, 4.69) is 19.2 Å². The van der Waals surface area contributed by atoms with Crippen molar-refractivity contribution in [2.45, 2.75) is 44.2 Å². The largest absolute Gasteiger partial charge is 0.396 e. The fourth-order valence-corrected chi connectivity index (χ4v) is 3.40. The third kappa shape index (κ3) is 3.00. The Kier molecular flexibility index (Phi) is 4.19. The van der Waals surface area contributed by atoms with Gasteiger partial charge < -0.3 is 15.8 Å². The van der Waals surface area contributed by atoms with Crippen molar-refractivity contribution < 1.29 is 13.2 Å². The normalized spacial score (nSPS) is 24.4. The molecule has 21 heavy (non-hydrogen) atoms. The maximum atomic E-state index is 11.5. The van der Waals surface area contributed by atoms with Gasteiger partial charge in [-0.1, -0.05) is 19.9 Å². The van der Waals surface area contributed by atoms with Gasteiger partial charge in [-0.3, -0.25) is 0 Å². The van der Waals surface area contributed by atoms with E-state index in [1.807, 2.05) is 6.92 Å². The van der Waals surface area contributed by atoms with Crippen LogP contribution in [0.15, 0.2) is 23.1 Å². The highest BCUT2D eigenvalue weighted by Gasteiger charge is 2.49. The van der Waals surface area contributed by atoms with Crippen molar-refractivity contribution in [3.05, 3.63) is 18.2 Å². The lowest BCUT2D eigenvalue weighted by Gasteiger charge is -2.52. The summed E-state index contributed by atoms with van der Waals surface area (Å²) >= 11 is 0. The summed E-state index contributed by atoms with van der Waals surface area (Å²) in [5, 5.41) is 8.48. The molecule has 2 unspecified atom stereocenters. The summed E-state index contributed by atoms with van der Waals surface area (Å²) in [6.07, 6.45) is 1.06. The maximum Gasteiger partial charge on any atom is 0.240 e. The van der Waals surface area contributed by atoms with Crippen LogP contribution in [0.1, 0.15) is 27.2 Å². The number of sulfonamides is 1. The molecule has 0 heterocycles. The number of hydrogen-bond donors (Lipinski definition) is 3. The summed E-state index contributed by atoms with van der Waals surface area (Å²) in [6, 6.07) is 4.97. The SMILES string of the molecule is CCOC1CC(Nc2cccc(S(N)(=O)=O)c2N)C1(C)C. The van der Waals surface area contributed by atoms with E-state index < -0.39 is 10.0 Å². The predicted molar refractivity (Wildman–Crippen MR) is 83.5 cm³/mol. The van der Waals surface area contributed by atoms with Crippen LogP contribution in [0.4, 0.5) is 11.4 Å². The molecule has 0 radical (unpaired) electrons. The van der Waals surface area contributed by atoms with Gasteiger partial charge in [0.25, 0.3) is 0 Å². The fourth-order valence-electron chi connectivity index (χ4n) is 2.72. The van der Waals surface area contributed by atoms with Gasteiger partial charge in [-0.05, 0) is 25.5 Å². The number of ether oxygens (including phenoxy) is 1. The van der Waals surface area contributed by atoms with E-state index in [-0.39, 0.29) is 28.1 Å². The second kappa shape index (κ2) is 5.47. The van der Waals surface area contributed by atoms with Gasteiger partial charge in [0.2, 0.25) is 10.0 Å². The summed E-state index contributed by atoms with van der Waals surface area (Å²) in [6.45, 7) is 6.90. The van der Waals surface area contributed by atoms with Crippen molar-refractivity contribution in [2.24, 2.45) is 10.6 Å². The first-order valence-electron chi connectivity index (χ1n) is 6.97. The molecular formula is C14H23N3O3S. The molecule has 5 N–H and O–H groups in total. The average Bonchev–Trinajstić information content (AvgIpc) is 2.38. The van der Waals surface area contributed by atoms with Crippen LogP contribution < -0.4 is 16.2 Å². The first-order chi connectivity index (χ1) is 9.67. The topological polar surface area (TPSA) is 107 Å². The van der Waals surface area contributed by atoms with E-state index in [0.29, 0.717) is 12.3 Å². The smallest absolute Gasteiger partial charge is 0.240 e. The minimum Gasteiger partial charge on any atom is -0.396 e. The monoisotopic (exact) mass is 313 g/mol. The Labute approximate surface area is 125 Å². The molecule has 2 rings (SSSR count). The predicted octanol–water partition coefficient (Wildman–Crippen LogP) is 1.53. The van der Waals surface area contributed by atoms with Crippen LogP contribution in [-0.4, -0.2) is 27.2 Å². The van der Waals surface area contributed by atoms with Gasteiger partial charge in [-0.25, -0.2) is 13.6 Å². The average molecular weight is 313 g/mol. The molecule has 2 atom stereocenters. The Morgan fingerprint density at radius 1 is 1.43 bits per heavy atom. The van der Waals surface area contributed by atoms with Crippen molar-refractivity contribution in [3.8, 4) is 0 Å². The number of nitrogens with one attached hydrogen (secondary N) is 1. The van der Waals surface area contributed by atoms with E-state index in [9.17, 15) is 8.42 Å². The Bertz CT molecular complexity index is 628. The molecule has 0 bridgehead atoms. The van der Waals surface area contributed by atoms with Gasteiger partial charge in [-0.2, -0.15) is 0 Å². The summed E-state index contributed by atoms with van der Waals surface area (Å²) in [5.41, 5.74) is 6.64. The second-order valence-electron chi connectivity index (χ2n) is 5.96. The first kappa shape index (κ1) is 16.1. The standard InChI is InChI=1S/C14H23N3O3S/c1-4-20-12-8-11(14(12,2)3)17-9-6-5-7-10(13(9)15)21(16,18)19/h5-7,11-12,17H,4,8,15H2,1-3H3,(H2,16,18,19). The molecule has 0 aromatic heterocycles. The zero-order valence-electron chi connectivity index (χ0n) is 12.6. The molecule has 1 saturated carbocycles. The van der Waals surface area contributed by atoms with Crippen molar-refractivity contribution in [2.75, 3.05) is 17.7 Å². The zero-order chi connectivity index (χ0) is 15.8. The number of primary sulfonamides is 1. The van der Waals surface area contributed by atoms with Crippen LogP contribution in [0.25, 0.3) is 0 Å². The van der Waals surface area contributed by atoms with Crippen LogP contribution >= 0.6 is 0 Å². The van der Waals surface area contributed by atoms with Crippen LogP contribution in [-0.2, 0) is 14.8 Å². The molecule has 118 valence electrons. The lowest BCUT2D eigenvalue weighted by atomic mass is 9.64. The van der Waals surface area contributed by atoms with Gasteiger partial charge in [0.15, 0.2) is 0 Å². The molecule has 0 aliphatic heterocycles. The van der Waals surface area contributed by atoms with Crippen LogP contribution in [0, 0.1) is 5.41 Å². The number of rotatable bonds is 5. The zero-order valence-corrected chi connectivity index (χ0v) is 13.4. The van der Waals surface area contributed by atoms with Crippen LogP contribution in [0.5, 0.6) is 0 Å². The third-order valence-electron chi connectivity index (χ3n) is 4.25. The highest BCUT2D eigenvalue weighted by molar-refractivity contribution is 7.89. The number of hydrogen-bond acceptors (Lipinski definition) is 5. The minimum atomic E-state index is -3.82. The quantitative estimate of drug-likeness (QED) is 0.715. The molecule has 1 aliphatic carbocycles. The Morgan fingerprint density at radius 3 is 2.62 bits per heavy atom. The van der Waals surface area contributed by atoms with E-state index in [1.54, 1.807) is 12.1 Å². The van der Waals surface area contributed by atoms with Gasteiger partial charge in [-0.15, -0.1) is 0 Å². The van der Waals surface area contributed by atoms with E-state index in [0.717, 1.165) is 6.42 Å². The molecule has 1 aromatic carbocycles. The maximum absolute atomic E-state index is 11.5. The molecule has 0 spiro atoms. The summed E-state index contributed by atoms with van der Waals surface area (Å²) in [7, 11) is -3.82. The molecule has 7 heteroatoms. The van der Waals surface area contributed by atoms with E-state index >= 15 is 0 Å². The number of benzene rings is 1. The van der Waals surface area contributed by atoms with Gasteiger partial charge in [0.1, 0.15) is 4.90 Å². The summed E-state index contributed by atoms with van der Waals surface area (Å²) in [5.74, 6) is 0. The molecule has 6 nitrogen and oxygen atoms in total. The molecule has 0 saturated heterocycles. The minimum absolute atomic E-state index is 0.0416. The highest BCUT2D eigenvalue weighted by atomic mass is 32.2. The Balaban J connectivity index is 2.19. The van der Waals surface area contributed by atoms with E-state index in [4.69, 9.17) is 15.6 Å². The Morgan fingerprint density at radius 2 is 2.10 bits per heavy atom.